The molecule has 2 aliphatic rings. The molecule has 0 aromatic rings. The lowest BCUT2D eigenvalue weighted by Crippen LogP contribution is -2.32. The second kappa shape index (κ2) is 5.74. The van der Waals surface area contributed by atoms with Crippen molar-refractivity contribution in [1.29, 1.82) is 0 Å². The maximum Gasteiger partial charge on any atom is 0.466 e. The normalized spacial score (nSPS) is 25.1. The van der Waals surface area contributed by atoms with E-state index in [4.69, 9.17) is 4.84 Å². The molecule has 0 aliphatic carbocycles. The minimum absolute atomic E-state index is 0.00543. The summed E-state index contributed by atoms with van der Waals surface area (Å²) in [6, 6.07) is 0. The van der Waals surface area contributed by atoms with Gasteiger partial charge in [-0.3, -0.25) is 9.59 Å². The van der Waals surface area contributed by atoms with Gasteiger partial charge in [0.1, 0.15) is 0 Å². The molecule has 2 aliphatic heterocycles. The van der Waals surface area contributed by atoms with Gasteiger partial charge in [-0.05, 0) is 10.8 Å². The van der Waals surface area contributed by atoms with Crippen molar-refractivity contribution in [3.63, 3.8) is 0 Å². The highest BCUT2D eigenvalue weighted by Gasteiger charge is 2.35. The molecule has 0 radical (unpaired) electrons. The Labute approximate surface area is 136 Å². The van der Waals surface area contributed by atoms with Crippen LogP contribution in [0.2, 0.25) is 0 Å². The van der Waals surface area contributed by atoms with E-state index in [1.165, 1.54) is 0 Å². The van der Waals surface area contributed by atoms with Gasteiger partial charge in [-0.2, -0.15) is 0 Å². The zero-order chi connectivity index (χ0) is 17.5. The van der Waals surface area contributed by atoms with Crippen LogP contribution in [0, 0.1) is 10.8 Å². The van der Waals surface area contributed by atoms with Gasteiger partial charge < -0.3 is 4.84 Å². The van der Waals surface area contributed by atoms with Crippen molar-refractivity contribution in [2.24, 2.45) is 15.2 Å². The van der Waals surface area contributed by atoms with Crippen molar-refractivity contribution in [2.45, 2.75) is 40.5 Å². The highest BCUT2D eigenvalue weighted by atomic mass is 32.2. The summed E-state index contributed by atoms with van der Waals surface area (Å²) < 4.78 is 16.8. The molecular weight excluding hydrogens is 320 g/mol. The SMILES string of the molecule is CC1(C)C=CC(C)(C)CS(=O)(=NC(=O)ON2C(=O)CCC2=O)C1. The van der Waals surface area contributed by atoms with Crippen LogP contribution in [-0.4, -0.2) is 38.7 Å². The fourth-order valence-electron chi connectivity index (χ4n) is 2.71. The molecule has 2 heterocycles. The molecule has 0 N–H and O–H groups in total. The van der Waals surface area contributed by atoms with E-state index < -0.39 is 27.6 Å². The molecule has 128 valence electrons. The number of carbonyl (C=O) groups is 3. The van der Waals surface area contributed by atoms with E-state index in [0.717, 1.165) is 0 Å². The standard InChI is InChI=1S/C15H22N2O5S/c1-14(2)7-8-15(3,4)10-23(21,9-14)16-13(20)22-17-11(18)5-6-12(17)19/h7-8H,5-6,9-10H2,1-4H3. The van der Waals surface area contributed by atoms with Gasteiger partial charge in [-0.15, -0.1) is 9.43 Å². The van der Waals surface area contributed by atoms with Gasteiger partial charge in [0.25, 0.3) is 11.8 Å². The number of hydrogen-bond donors (Lipinski definition) is 0. The molecule has 7 nitrogen and oxygen atoms in total. The lowest BCUT2D eigenvalue weighted by molar-refractivity contribution is -0.170. The van der Waals surface area contributed by atoms with Gasteiger partial charge in [-0.1, -0.05) is 39.8 Å². The highest BCUT2D eigenvalue weighted by Crippen LogP contribution is 2.33. The predicted molar refractivity (Wildman–Crippen MR) is 84.6 cm³/mol. The Hall–Kier alpha value is -1.70. The number of hydroxylamine groups is 2. The molecule has 0 unspecified atom stereocenters. The molecule has 0 aromatic heterocycles. The van der Waals surface area contributed by atoms with E-state index in [-0.39, 0.29) is 35.2 Å². The molecule has 23 heavy (non-hydrogen) atoms. The van der Waals surface area contributed by atoms with E-state index in [0.29, 0.717) is 5.06 Å². The Balaban J connectivity index is 2.25. The first-order valence-electron chi connectivity index (χ1n) is 7.42. The number of allylic oxidation sites excluding steroid dienone is 2. The van der Waals surface area contributed by atoms with Crippen LogP contribution >= 0.6 is 0 Å². The van der Waals surface area contributed by atoms with Gasteiger partial charge >= 0.3 is 6.09 Å². The van der Waals surface area contributed by atoms with Crippen LogP contribution in [0.4, 0.5) is 4.79 Å². The van der Waals surface area contributed by atoms with E-state index >= 15 is 0 Å². The maximum absolute atomic E-state index is 13.1. The topological polar surface area (TPSA) is 93.1 Å². The summed E-state index contributed by atoms with van der Waals surface area (Å²) in [7, 11) is -2.88. The van der Waals surface area contributed by atoms with Crippen LogP contribution < -0.4 is 0 Å². The first kappa shape index (κ1) is 17.7. The summed E-state index contributed by atoms with van der Waals surface area (Å²) >= 11 is 0. The van der Waals surface area contributed by atoms with Gasteiger partial charge in [0.05, 0.1) is 9.73 Å². The minimum atomic E-state index is -2.88. The smallest absolute Gasteiger partial charge is 0.309 e. The molecule has 0 saturated carbocycles. The molecule has 0 spiro atoms. The van der Waals surface area contributed by atoms with Crippen molar-refractivity contribution in [2.75, 3.05) is 11.5 Å². The Morgan fingerprint density at radius 1 is 1.09 bits per heavy atom. The first-order valence-corrected chi connectivity index (χ1v) is 9.27. The van der Waals surface area contributed by atoms with Crippen LogP contribution in [0.5, 0.6) is 0 Å². The van der Waals surface area contributed by atoms with Gasteiger partial charge in [-0.25, -0.2) is 9.00 Å². The van der Waals surface area contributed by atoms with Crippen molar-refractivity contribution in [3.05, 3.63) is 12.2 Å². The number of hydrogen-bond acceptors (Lipinski definition) is 5. The number of rotatable bonds is 1. The third-order valence-corrected chi connectivity index (χ3v) is 6.47. The van der Waals surface area contributed by atoms with Crippen molar-refractivity contribution in [1.82, 2.24) is 5.06 Å². The molecule has 1 fully saturated rings. The molecule has 0 aromatic carbocycles. The van der Waals surface area contributed by atoms with Crippen molar-refractivity contribution in [3.8, 4) is 0 Å². The van der Waals surface area contributed by atoms with E-state index in [1.54, 1.807) is 0 Å². The third-order valence-electron chi connectivity index (χ3n) is 3.60. The number of nitrogens with zero attached hydrogens (tertiary/aromatic N) is 2. The summed E-state index contributed by atoms with van der Waals surface area (Å²) in [5, 5.41) is 0.417. The maximum atomic E-state index is 13.1. The quantitative estimate of drug-likeness (QED) is 0.538. The van der Waals surface area contributed by atoms with E-state index in [1.807, 2.05) is 39.8 Å². The van der Waals surface area contributed by atoms with Gasteiger partial charge in [0.15, 0.2) is 0 Å². The Morgan fingerprint density at radius 3 is 1.96 bits per heavy atom. The molecule has 3 amide bonds. The largest absolute Gasteiger partial charge is 0.466 e. The summed E-state index contributed by atoms with van der Waals surface area (Å²) in [6.45, 7) is 7.66. The van der Waals surface area contributed by atoms with Crippen LogP contribution in [0.15, 0.2) is 16.5 Å². The minimum Gasteiger partial charge on any atom is -0.309 e. The zero-order valence-corrected chi connectivity index (χ0v) is 14.6. The average Bonchev–Trinajstić information content (AvgIpc) is 2.62. The van der Waals surface area contributed by atoms with Crippen LogP contribution in [-0.2, 0) is 24.2 Å². The number of amides is 3. The van der Waals surface area contributed by atoms with E-state index in [9.17, 15) is 18.6 Å². The molecule has 1 saturated heterocycles. The Kier molecular flexibility index (Phi) is 4.40. The Bertz CT molecular complexity index is 657. The fourth-order valence-corrected chi connectivity index (χ4v) is 5.77. The summed E-state index contributed by atoms with van der Waals surface area (Å²) in [5.41, 5.74) is -0.762. The molecule has 8 heteroatoms. The molecular formula is C15H22N2O5S. The second-order valence-electron chi connectivity index (χ2n) is 7.40. The number of imide groups is 1. The van der Waals surface area contributed by atoms with Crippen molar-refractivity contribution < 1.29 is 23.4 Å². The van der Waals surface area contributed by atoms with Crippen molar-refractivity contribution >= 4 is 27.6 Å². The Morgan fingerprint density at radius 2 is 1.52 bits per heavy atom. The molecule has 0 bridgehead atoms. The average molecular weight is 342 g/mol. The predicted octanol–water partition coefficient (Wildman–Crippen LogP) is 2.28. The number of carbonyl (C=O) groups excluding carboxylic acids is 3. The monoisotopic (exact) mass is 342 g/mol. The lowest BCUT2D eigenvalue weighted by Gasteiger charge is -2.22. The van der Waals surface area contributed by atoms with Gasteiger partial charge in [0, 0.05) is 24.3 Å². The fraction of sp³-hybridized carbons (Fsp3) is 0.667. The summed E-state index contributed by atoms with van der Waals surface area (Å²) in [6.07, 6.45) is 2.81. The molecule has 2 rings (SSSR count). The summed E-state index contributed by atoms with van der Waals surface area (Å²) in [4.78, 5) is 39.6. The molecule has 0 atom stereocenters. The summed E-state index contributed by atoms with van der Waals surface area (Å²) in [5.74, 6) is -0.762. The van der Waals surface area contributed by atoms with Gasteiger partial charge in [0.2, 0.25) is 0 Å². The van der Waals surface area contributed by atoms with Crippen LogP contribution in [0.3, 0.4) is 0 Å². The first-order chi connectivity index (χ1) is 10.4. The lowest BCUT2D eigenvalue weighted by atomic mass is 9.89. The van der Waals surface area contributed by atoms with Crippen LogP contribution in [0.1, 0.15) is 40.5 Å². The van der Waals surface area contributed by atoms with Crippen LogP contribution in [0.25, 0.3) is 0 Å². The van der Waals surface area contributed by atoms with E-state index in [2.05, 4.69) is 4.36 Å². The second-order valence-corrected chi connectivity index (χ2v) is 9.71. The highest BCUT2D eigenvalue weighted by molar-refractivity contribution is 7.94. The zero-order valence-electron chi connectivity index (χ0n) is 13.8. The third kappa shape index (κ3) is 4.40.